The lowest BCUT2D eigenvalue weighted by molar-refractivity contribution is 0.0697. The predicted octanol–water partition coefficient (Wildman–Crippen LogP) is 4.17. The first-order chi connectivity index (χ1) is 11.1. The van der Waals surface area contributed by atoms with E-state index in [2.05, 4.69) is 0 Å². The van der Waals surface area contributed by atoms with E-state index in [4.69, 9.17) is 15.3 Å². The van der Waals surface area contributed by atoms with Crippen LogP contribution in [0.3, 0.4) is 0 Å². The van der Waals surface area contributed by atoms with Crippen LogP contribution in [0.5, 0.6) is 11.5 Å². The van der Waals surface area contributed by atoms with Gasteiger partial charge < -0.3 is 15.3 Å². The molecular weight excluding hydrogens is 292 g/mol. The smallest absolute Gasteiger partial charge is 0.335 e. The Balaban J connectivity index is 0.000000175. The van der Waals surface area contributed by atoms with Crippen LogP contribution in [0.4, 0.5) is 0 Å². The molecule has 4 nitrogen and oxygen atoms in total. The summed E-state index contributed by atoms with van der Waals surface area (Å²) in [5.74, 6) is -0.236. The van der Waals surface area contributed by atoms with E-state index in [0.29, 0.717) is 17.1 Å². The molecule has 0 radical (unpaired) electrons. The molecule has 0 fully saturated rings. The van der Waals surface area contributed by atoms with Crippen molar-refractivity contribution in [2.75, 3.05) is 0 Å². The van der Waals surface area contributed by atoms with Crippen molar-refractivity contribution >= 4 is 5.97 Å². The largest absolute Gasteiger partial charge is 0.508 e. The first kappa shape index (κ1) is 17.8. The third kappa shape index (κ3) is 8.57. The number of aromatic carboxylic acids is 1. The van der Waals surface area contributed by atoms with E-state index < -0.39 is 5.97 Å². The van der Waals surface area contributed by atoms with Crippen LogP contribution in [0.1, 0.15) is 10.4 Å². The monoisotopic (exact) mass is 310 g/mol. The summed E-state index contributed by atoms with van der Waals surface area (Å²) in [5, 5.41) is 25.6. The highest BCUT2D eigenvalue weighted by atomic mass is 16.4. The summed E-state index contributed by atoms with van der Waals surface area (Å²) >= 11 is 0. The van der Waals surface area contributed by atoms with Crippen molar-refractivity contribution in [1.82, 2.24) is 0 Å². The first-order valence-corrected chi connectivity index (χ1v) is 6.86. The molecule has 0 spiro atoms. The topological polar surface area (TPSA) is 77.8 Å². The minimum absolute atomic E-state index is 0.322. The quantitative estimate of drug-likeness (QED) is 0.630. The van der Waals surface area contributed by atoms with Gasteiger partial charge in [-0.2, -0.15) is 0 Å². The second kappa shape index (κ2) is 10.5. The van der Waals surface area contributed by atoms with Gasteiger partial charge in [-0.3, -0.25) is 0 Å². The second-order valence-corrected chi connectivity index (χ2v) is 4.34. The van der Waals surface area contributed by atoms with Crippen LogP contribution < -0.4 is 0 Å². The van der Waals surface area contributed by atoms with Gasteiger partial charge in [0.15, 0.2) is 0 Å². The minimum atomic E-state index is -0.879. The standard InChI is InChI=1S/C7H6O2.2C6H6O/c8-7(9)6-4-2-1-3-5-6;2*7-6-4-2-1-3-5-6/h1-5H,(H,8,9);2*1-5,7H. The maximum absolute atomic E-state index is 10.2. The average Bonchev–Trinajstić information content (AvgIpc) is 2.58. The Morgan fingerprint density at radius 1 is 0.565 bits per heavy atom. The van der Waals surface area contributed by atoms with Crippen molar-refractivity contribution in [3.05, 3.63) is 96.6 Å². The molecule has 4 heteroatoms. The Kier molecular flexibility index (Phi) is 8.08. The number of rotatable bonds is 1. The maximum atomic E-state index is 10.2. The molecule has 0 unspecified atom stereocenters. The van der Waals surface area contributed by atoms with Crippen LogP contribution in [-0.2, 0) is 0 Å². The van der Waals surface area contributed by atoms with Gasteiger partial charge in [0.1, 0.15) is 11.5 Å². The normalized spacial score (nSPS) is 8.70. The molecule has 0 aliphatic rings. The second-order valence-electron chi connectivity index (χ2n) is 4.34. The van der Waals surface area contributed by atoms with Gasteiger partial charge in [-0.25, -0.2) is 4.79 Å². The molecule has 3 N–H and O–H groups in total. The van der Waals surface area contributed by atoms with Crippen molar-refractivity contribution in [2.24, 2.45) is 0 Å². The lowest BCUT2D eigenvalue weighted by Crippen LogP contribution is -1.93. The molecule has 0 aliphatic carbocycles. The molecule has 3 aromatic rings. The van der Waals surface area contributed by atoms with Crippen molar-refractivity contribution < 1.29 is 20.1 Å². The number of phenolic OH excluding ortho intramolecular Hbond substituents is 2. The van der Waals surface area contributed by atoms with Gasteiger partial charge in [0.2, 0.25) is 0 Å². The number of hydrogen-bond acceptors (Lipinski definition) is 3. The van der Waals surface area contributed by atoms with E-state index in [1.54, 1.807) is 78.9 Å². The Morgan fingerprint density at radius 3 is 1.04 bits per heavy atom. The van der Waals surface area contributed by atoms with E-state index in [9.17, 15) is 4.79 Å². The van der Waals surface area contributed by atoms with E-state index in [1.807, 2.05) is 12.1 Å². The van der Waals surface area contributed by atoms with Crippen molar-refractivity contribution in [3.63, 3.8) is 0 Å². The third-order valence-corrected chi connectivity index (χ3v) is 2.53. The zero-order valence-electron chi connectivity index (χ0n) is 12.4. The average molecular weight is 310 g/mol. The summed E-state index contributed by atoms with van der Waals surface area (Å²) in [7, 11) is 0. The van der Waals surface area contributed by atoms with Crippen LogP contribution in [0.15, 0.2) is 91.0 Å². The highest BCUT2D eigenvalue weighted by Crippen LogP contribution is 2.03. The zero-order chi connectivity index (χ0) is 16.9. The lowest BCUT2D eigenvalue weighted by Gasteiger charge is -1.88. The van der Waals surface area contributed by atoms with Crippen molar-refractivity contribution in [1.29, 1.82) is 0 Å². The number of para-hydroxylation sites is 2. The molecule has 0 amide bonds. The molecule has 23 heavy (non-hydrogen) atoms. The Bertz CT molecular complexity index is 630. The lowest BCUT2D eigenvalue weighted by atomic mass is 10.2. The van der Waals surface area contributed by atoms with Gasteiger partial charge in [0, 0.05) is 0 Å². The molecule has 0 aliphatic heterocycles. The van der Waals surface area contributed by atoms with Crippen LogP contribution in [-0.4, -0.2) is 21.3 Å². The van der Waals surface area contributed by atoms with E-state index >= 15 is 0 Å². The summed E-state index contributed by atoms with van der Waals surface area (Å²) in [4.78, 5) is 10.2. The number of carboxylic acid groups (broad SMARTS) is 1. The van der Waals surface area contributed by atoms with E-state index in [-0.39, 0.29) is 0 Å². The highest BCUT2D eigenvalue weighted by molar-refractivity contribution is 5.87. The van der Waals surface area contributed by atoms with Crippen molar-refractivity contribution in [3.8, 4) is 11.5 Å². The van der Waals surface area contributed by atoms with Gasteiger partial charge in [-0.05, 0) is 36.4 Å². The fraction of sp³-hybridized carbons (Fsp3) is 0. The molecular formula is C19H18O4. The van der Waals surface area contributed by atoms with Crippen LogP contribution in [0.2, 0.25) is 0 Å². The Morgan fingerprint density at radius 2 is 0.870 bits per heavy atom. The molecule has 3 rings (SSSR count). The summed E-state index contributed by atoms with van der Waals surface area (Å²) in [6, 6.07) is 25.7. The summed E-state index contributed by atoms with van der Waals surface area (Å²) < 4.78 is 0. The van der Waals surface area contributed by atoms with Crippen LogP contribution in [0, 0.1) is 0 Å². The number of aromatic hydroxyl groups is 2. The number of hydrogen-bond donors (Lipinski definition) is 3. The molecule has 0 bridgehead atoms. The maximum Gasteiger partial charge on any atom is 0.335 e. The SMILES string of the molecule is O=C(O)c1ccccc1.Oc1ccccc1.Oc1ccccc1. The number of carbonyl (C=O) groups is 1. The summed E-state index contributed by atoms with van der Waals surface area (Å²) in [6.07, 6.45) is 0. The zero-order valence-corrected chi connectivity index (χ0v) is 12.4. The Hall–Kier alpha value is -3.27. The molecule has 0 atom stereocenters. The fourth-order valence-corrected chi connectivity index (χ4v) is 1.44. The summed E-state index contributed by atoms with van der Waals surface area (Å²) in [5.41, 5.74) is 0.331. The number of phenols is 2. The van der Waals surface area contributed by atoms with Crippen LogP contribution >= 0.6 is 0 Å². The molecule has 0 heterocycles. The molecule has 0 aromatic heterocycles. The molecule has 3 aromatic carbocycles. The number of carboxylic acids is 1. The third-order valence-electron chi connectivity index (χ3n) is 2.53. The van der Waals surface area contributed by atoms with Gasteiger partial charge in [0.05, 0.1) is 5.56 Å². The van der Waals surface area contributed by atoms with E-state index in [0.717, 1.165) is 0 Å². The summed E-state index contributed by atoms with van der Waals surface area (Å²) in [6.45, 7) is 0. The van der Waals surface area contributed by atoms with Gasteiger partial charge in [-0.1, -0.05) is 54.6 Å². The predicted molar refractivity (Wildman–Crippen MR) is 89.6 cm³/mol. The van der Waals surface area contributed by atoms with E-state index in [1.165, 1.54) is 0 Å². The minimum Gasteiger partial charge on any atom is -0.508 e. The first-order valence-electron chi connectivity index (χ1n) is 6.86. The van der Waals surface area contributed by atoms with Crippen molar-refractivity contribution in [2.45, 2.75) is 0 Å². The van der Waals surface area contributed by atoms with Gasteiger partial charge in [-0.15, -0.1) is 0 Å². The number of benzene rings is 3. The highest BCUT2D eigenvalue weighted by Gasteiger charge is 1.96. The Labute approximate surface area is 134 Å². The molecule has 0 saturated carbocycles. The van der Waals surface area contributed by atoms with Gasteiger partial charge in [0.25, 0.3) is 0 Å². The molecule has 118 valence electrons. The molecule has 0 saturated heterocycles. The fourth-order valence-electron chi connectivity index (χ4n) is 1.44. The van der Waals surface area contributed by atoms with Crippen LogP contribution in [0.25, 0.3) is 0 Å². The van der Waals surface area contributed by atoms with Gasteiger partial charge >= 0.3 is 5.97 Å².